The molecule has 6 nitrogen and oxygen atoms in total. The van der Waals surface area contributed by atoms with Crippen LogP contribution in [0.4, 0.5) is 0 Å². The quantitative estimate of drug-likeness (QED) is 0.611. The molecular weight excluding hydrogens is 414 g/mol. The number of rotatable bonds is 5. The molecule has 2 aromatic carbocycles. The highest BCUT2D eigenvalue weighted by molar-refractivity contribution is 6.30. The zero-order valence-corrected chi connectivity index (χ0v) is 17.7. The molecule has 31 heavy (non-hydrogen) atoms. The molecule has 1 aromatic heterocycles. The number of nitrogens with zero attached hydrogens (tertiary/aromatic N) is 2. The van der Waals surface area contributed by atoms with Gasteiger partial charge in [-0.05, 0) is 67.8 Å². The van der Waals surface area contributed by atoms with Gasteiger partial charge in [0.15, 0.2) is 12.4 Å². The van der Waals surface area contributed by atoms with Gasteiger partial charge in [-0.3, -0.25) is 9.59 Å². The van der Waals surface area contributed by atoms with Gasteiger partial charge in [0, 0.05) is 34.8 Å². The van der Waals surface area contributed by atoms with Crippen molar-refractivity contribution < 1.29 is 14.3 Å². The summed E-state index contributed by atoms with van der Waals surface area (Å²) in [5.74, 6) is 0.435. The summed E-state index contributed by atoms with van der Waals surface area (Å²) in [7, 11) is 0. The van der Waals surface area contributed by atoms with E-state index < -0.39 is 0 Å². The number of ketones is 1. The molecule has 0 radical (unpaired) electrons. The second-order valence-corrected chi connectivity index (χ2v) is 8.50. The first-order valence-electron chi connectivity index (χ1n) is 10.4. The van der Waals surface area contributed by atoms with Crippen molar-refractivity contribution in [2.75, 3.05) is 13.2 Å². The van der Waals surface area contributed by atoms with Gasteiger partial charge in [0.05, 0.1) is 17.6 Å². The van der Waals surface area contributed by atoms with E-state index in [2.05, 4.69) is 9.97 Å². The Morgan fingerprint density at radius 2 is 1.74 bits per heavy atom. The van der Waals surface area contributed by atoms with Crippen molar-refractivity contribution in [3.63, 3.8) is 0 Å². The molecule has 0 unspecified atom stereocenters. The number of aromatic amines is 1. The Balaban J connectivity index is 1.24. The minimum Gasteiger partial charge on any atom is -0.484 e. The molecule has 158 valence electrons. The highest BCUT2D eigenvalue weighted by atomic mass is 35.5. The second-order valence-electron chi connectivity index (χ2n) is 8.06. The van der Waals surface area contributed by atoms with Crippen molar-refractivity contribution >= 4 is 23.3 Å². The maximum atomic E-state index is 13.0. The molecule has 1 fully saturated rings. The van der Waals surface area contributed by atoms with Crippen LogP contribution >= 0.6 is 11.6 Å². The summed E-state index contributed by atoms with van der Waals surface area (Å²) in [6, 6.07) is 13.6. The molecule has 1 saturated carbocycles. The zero-order chi connectivity index (χ0) is 21.4. The van der Waals surface area contributed by atoms with Gasteiger partial charge in [-0.2, -0.15) is 0 Å². The summed E-state index contributed by atoms with van der Waals surface area (Å²) < 4.78 is 5.76. The van der Waals surface area contributed by atoms with Gasteiger partial charge >= 0.3 is 0 Å². The lowest BCUT2D eigenvalue weighted by Crippen LogP contribution is -2.58. The predicted molar refractivity (Wildman–Crippen MR) is 116 cm³/mol. The number of ether oxygens (including phenoxy) is 1. The highest BCUT2D eigenvalue weighted by Crippen LogP contribution is 2.48. The third kappa shape index (κ3) is 3.51. The molecule has 7 heteroatoms. The van der Waals surface area contributed by atoms with Crippen LogP contribution in [-0.4, -0.2) is 39.7 Å². The Kier molecular flexibility index (Phi) is 5.02. The van der Waals surface area contributed by atoms with Crippen molar-refractivity contribution in [2.24, 2.45) is 0 Å². The number of imidazole rings is 1. The maximum Gasteiger partial charge on any atom is 0.261 e. The predicted octanol–water partition coefficient (Wildman–Crippen LogP) is 4.14. The highest BCUT2D eigenvalue weighted by Gasteiger charge is 2.50. The van der Waals surface area contributed by atoms with E-state index in [0.717, 1.165) is 37.1 Å². The van der Waals surface area contributed by atoms with Crippen molar-refractivity contribution in [3.05, 3.63) is 82.4 Å². The minimum absolute atomic E-state index is 0.0327. The lowest BCUT2D eigenvalue weighted by atomic mass is 9.70. The van der Waals surface area contributed by atoms with E-state index in [1.54, 1.807) is 54.9 Å². The number of hydrogen-bond donors (Lipinski definition) is 1. The Hall–Kier alpha value is -3.12. The minimum atomic E-state index is -0.275. The number of amides is 1. The molecular formula is C24H22ClN3O3. The van der Waals surface area contributed by atoms with Crippen molar-refractivity contribution in [1.29, 1.82) is 0 Å². The molecule has 0 atom stereocenters. The van der Waals surface area contributed by atoms with Crippen molar-refractivity contribution in [1.82, 2.24) is 14.9 Å². The number of hydrogen-bond acceptors (Lipinski definition) is 4. The smallest absolute Gasteiger partial charge is 0.261 e. The first-order valence-corrected chi connectivity index (χ1v) is 10.8. The van der Waals surface area contributed by atoms with Gasteiger partial charge in [-0.15, -0.1) is 0 Å². The normalized spacial score (nSPS) is 16.5. The fourth-order valence-electron chi connectivity index (χ4n) is 4.55. The van der Waals surface area contributed by atoms with Crippen LogP contribution in [-0.2, 0) is 16.8 Å². The summed E-state index contributed by atoms with van der Waals surface area (Å²) in [5.41, 5.74) is 3.01. The van der Waals surface area contributed by atoms with Crippen LogP contribution in [0, 0.1) is 0 Å². The van der Waals surface area contributed by atoms with Crippen LogP contribution in [0.25, 0.3) is 0 Å². The lowest BCUT2D eigenvalue weighted by Gasteiger charge is -2.51. The Morgan fingerprint density at radius 1 is 1.06 bits per heavy atom. The van der Waals surface area contributed by atoms with Gasteiger partial charge in [0.1, 0.15) is 5.75 Å². The fraction of sp³-hybridized carbons (Fsp3) is 0.292. The van der Waals surface area contributed by atoms with Crippen LogP contribution < -0.4 is 4.74 Å². The van der Waals surface area contributed by atoms with Crippen molar-refractivity contribution in [3.8, 4) is 5.75 Å². The van der Waals surface area contributed by atoms with Gasteiger partial charge in [0.25, 0.3) is 5.91 Å². The second kappa shape index (κ2) is 7.85. The molecule has 3 aromatic rings. The topological polar surface area (TPSA) is 75.3 Å². The number of carbonyl (C=O) groups is 2. The summed E-state index contributed by atoms with van der Waals surface area (Å²) in [5, 5.41) is 0.589. The molecule has 1 aliphatic carbocycles. The van der Waals surface area contributed by atoms with Crippen LogP contribution in [0.3, 0.4) is 0 Å². The average molecular weight is 436 g/mol. The van der Waals surface area contributed by atoms with Gasteiger partial charge < -0.3 is 14.6 Å². The van der Waals surface area contributed by atoms with E-state index >= 15 is 0 Å². The third-order valence-corrected chi connectivity index (χ3v) is 6.58. The molecule has 0 saturated heterocycles. The average Bonchev–Trinajstić information content (AvgIpc) is 3.25. The van der Waals surface area contributed by atoms with Gasteiger partial charge in [-0.1, -0.05) is 11.6 Å². The molecule has 1 N–H and O–H groups in total. The number of carbonyl (C=O) groups excluding carboxylic acids is 2. The van der Waals surface area contributed by atoms with Crippen LogP contribution in [0.15, 0.2) is 54.9 Å². The number of benzene rings is 2. The number of nitrogens with one attached hydrogen (secondary N) is 1. The van der Waals surface area contributed by atoms with E-state index in [1.165, 1.54) is 0 Å². The van der Waals surface area contributed by atoms with Gasteiger partial charge in [0.2, 0.25) is 0 Å². The first-order chi connectivity index (χ1) is 15.1. The van der Waals surface area contributed by atoms with E-state index in [1.807, 2.05) is 4.90 Å². The monoisotopic (exact) mass is 435 g/mol. The van der Waals surface area contributed by atoms with E-state index in [-0.39, 0.29) is 23.8 Å². The fourth-order valence-corrected chi connectivity index (χ4v) is 4.68. The summed E-state index contributed by atoms with van der Waals surface area (Å²) in [4.78, 5) is 35.2. The largest absolute Gasteiger partial charge is 0.484 e. The van der Waals surface area contributed by atoms with E-state index in [4.69, 9.17) is 16.3 Å². The van der Waals surface area contributed by atoms with Crippen molar-refractivity contribution in [2.45, 2.75) is 31.2 Å². The van der Waals surface area contributed by atoms with E-state index in [9.17, 15) is 9.59 Å². The summed E-state index contributed by atoms with van der Waals surface area (Å²) in [6.07, 6.45) is 5.49. The summed E-state index contributed by atoms with van der Waals surface area (Å²) >= 11 is 5.89. The molecule has 5 rings (SSSR count). The summed E-state index contributed by atoms with van der Waals surface area (Å²) in [6.45, 7) is 0.637. The molecule has 0 bridgehead atoms. The molecule has 2 aliphatic rings. The number of halogens is 1. The third-order valence-electron chi connectivity index (χ3n) is 6.33. The molecule has 1 amide bonds. The van der Waals surface area contributed by atoms with Crippen LogP contribution in [0.1, 0.15) is 46.6 Å². The molecule has 1 spiro atoms. The number of fused-ring (bicyclic) bond motifs is 2. The lowest BCUT2D eigenvalue weighted by molar-refractivity contribution is -0.146. The van der Waals surface area contributed by atoms with Gasteiger partial charge in [-0.25, -0.2) is 4.98 Å². The maximum absolute atomic E-state index is 13.0. The SMILES string of the molecule is O=C(c1ccc(Cl)cc1)c1ccc(OCC(=O)N2CCc3[nH]cnc3C23CCC3)cc1. The molecule has 2 heterocycles. The van der Waals surface area contributed by atoms with E-state index in [0.29, 0.717) is 28.4 Å². The number of H-pyrrole nitrogens is 1. The Labute approximate surface area is 185 Å². The van der Waals surface area contributed by atoms with Crippen LogP contribution in [0.5, 0.6) is 5.75 Å². The standard InChI is InChI=1S/C24H22ClN3O3/c25-18-6-2-16(3-7-18)22(30)17-4-8-19(9-5-17)31-14-21(29)28-13-10-20-23(27-15-26-20)24(28)11-1-12-24/h2-9,15H,1,10-14H2,(H,26,27). The zero-order valence-electron chi connectivity index (χ0n) is 16.9. The van der Waals surface area contributed by atoms with Crippen LogP contribution in [0.2, 0.25) is 5.02 Å². The Morgan fingerprint density at radius 3 is 2.39 bits per heavy atom. The Bertz CT molecular complexity index is 1120. The number of aromatic nitrogens is 2. The first kappa shape index (κ1) is 19.8. The molecule has 1 aliphatic heterocycles.